The first-order valence-electron chi connectivity index (χ1n) is 6.00. The molecule has 1 aromatic rings. The highest BCUT2D eigenvalue weighted by atomic mass is 16.4. The maximum atomic E-state index is 10.7. The van der Waals surface area contributed by atoms with Gasteiger partial charge in [0.15, 0.2) is 0 Å². The fraction of sp³-hybridized carbons (Fsp3) is 0.750. The number of carboxylic acids is 1. The van der Waals surface area contributed by atoms with Crippen molar-refractivity contribution in [3.05, 3.63) is 11.8 Å². The Hall–Kier alpha value is -1.39. The lowest BCUT2D eigenvalue weighted by atomic mass is 9.85. The molecule has 0 atom stereocenters. The summed E-state index contributed by atoms with van der Waals surface area (Å²) in [4.78, 5) is 10.7. The summed E-state index contributed by atoms with van der Waals surface area (Å²) in [5, 5.41) is 16.8. The van der Waals surface area contributed by atoms with Gasteiger partial charge in [-0.3, -0.25) is 4.79 Å². The number of rotatable bonds is 5. The molecule has 5 heteroatoms. The smallest absolute Gasteiger partial charge is 0.303 e. The quantitative estimate of drug-likeness (QED) is 0.852. The van der Waals surface area contributed by atoms with Gasteiger partial charge in [0.1, 0.15) is 0 Å². The van der Waals surface area contributed by atoms with Crippen LogP contribution in [0.25, 0.3) is 0 Å². The lowest BCUT2D eigenvalue weighted by molar-refractivity contribution is -0.139. The van der Waals surface area contributed by atoms with Crippen molar-refractivity contribution in [3.8, 4) is 0 Å². The largest absolute Gasteiger partial charge is 0.481 e. The number of nitrogens with zero attached hydrogens (tertiary/aromatic N) is 2. The molecule has 1 N–H and O–H groups in total. The lowest BCUT2D eigenvalue weighted by Gasteiger charge is -2.21. The third kappa shape index (κ3) is 3.05. The molecule has 0 spiro atoms. The summed E-state index contributed by atoms with van der Waals surface area (Å²) in [7, 11) is 0. The van der Waals surface area contributed by atoms with Gasteiger partial charge in [0.25, 0.3) is 0 Å². The second kappa shape index (κ2) is 4.47. The van der Waals surface area contributed by atoms with E-state index >= 15 is 0 Å². The topological polar surface area (TPSA) is 76.2 Å². The minimum absolute atomic E-state index is 0.105. The fourth-order valence-corrected chi connectivity index (χ4v) is 2.04. The number of aromatic nitrogens is 2. The van der Waals surface area contributed by atoms with E-state index < -0.39 is 5.97 Å². The first kappa shape index (κ1) is 12.1. The Bertz CT molecular complexity index is 408. The van der Waals surface area contributed by atoms with E-state index in [1.54, 1.807) is 0 Å². The molecule has 0 radical (unpaired) electrons. The predicted molar refractivity (Wildman–Crippen MR) is 60.6 cm³/mol. The molecule has 0 aromatic carbocycles. The van der Waals surface area contributed by atoms with Crippen molar-refractivity contribution < 1.29 is 14.3 Å². The van der Waals surface area contributed by atoms with E-state index in [9.17, 15) is 4.79 Å². The Balaban J connectivity index is 1.98. The van der Waals surface area contributed by atoms with Crippen LogP contribution in [0.2, 0.25) is 0 Å². The molecule has 0 amide bonds. The highest BCUT2D eigenvalue weighted by molar-refractivity contribution is 5.67. The Morgan fingerprint density at radius 1 is 1.47 bits per heavy atom. The molecule has 94 valence electrons. The lowest BCUT2D eigenvalue weighted by Crippen LogP contribution is -2.19. The van der Waals surface area contributed by atoms with Crippen LogP contribution in [0.15, 0.2) is 4.42 Å². The first-order chi connectivity index (χ1) is 7.96. The molecule has 1 heterocycles. The van der Waals surface area contributed by atoms with Crippen molar-refractivity contribution in [2.45, 2.75) is 51.9 Å². The van der Waals surface area contributed by atoms with Crippen molar-refractivity contribution in [2.24, 2.45) is 5.41 Å². The van der Waals surface area contributed by atoms with Crippen molar-refractivity contribution in [2.75, 3.05) is 0 Å². The van der Waals surface area contributed by atoms with Crippen LogP contribution in [-0.2, 0) is 11.2 Å². The van der Waals surface area contributed by atoms with Crippen molar-refractivity contribution in [1.82, 2.24) is 10.2 Å². The molecule has 1 aliphatic rings. The predicted octanol–water partition coefficient (Wildman–Crippen LogP) is 2.38. The summed E-state index contributed by atoms with van der Waals surface area (Å²) in [5.74, 6) is 0.906. The Morgan fingerprint density at radius 2 is 2.18 bits per heavy atom. The number of carbonyl (C=O) groups is 1. The molecule has 0 saturated heterocycles. The molecule has 2 rings (SSSR count). The number of hydrogen-bond acceptors (Lipinski definition) is 4. The Kier molecular flexibility index (Phi) is 3.17. The van der Waals surface area contributed by atoms with Gasteiger partial charge >= 0.3 is 5.97 Å². The molecule has 1 aromatic heterocycles. The summed E-state index contributed by atoms with van der Waals surface area (Å²) in [6, 6.07) is 0. The second-order valence-corrected chi connectivity index (χ2v) is 5.57. The molecule has 1 saturated carbocycles. The highest BCUT2D eigenvalue weighted by Crippen LogP contribution is 2.36. The number of hydrogen-bond donors (Lipinski definition) is 1. The Morgan fingerprint density at radius 3 is 2.71 bits per heavy atom. The van der Waals surface area contributed by atoms with Gasteiger partial charge in [0.05, 0.1) is 6.42 Å². The minimum atomic E-state index is -0.797. The van der Waals surface area contributed by atoms with Crippen LogP contribution in [0, 0.1) is 5.41 Å². The average molecular weight is 238 g/mol. The molecule has 1 fully saturated rings. The molecule has 5 nitrogen and oxygen atoms in total. The molecule has 0 aliphatic heterocycles. The van der Waals surface area contributed by atoms with Gasteiger partial charge in [-0.25, -0.2) is 0 Å². The van der Waals surface area contributed by atoms with E-state index in [-0.39, 0.29) is 11.8 Å². The molecular weight excluding hydrogens is 220 g/mol. The van der Waals surface area contributed by atoms with Crippen molar-refractivity contribution in [1.29, 1.82) is 0 Å². The van der Waals surface area contributed by atoms with Gasteiger partial charge in [-0.2, -0.15) is 0 Å². The van der Waals surface area contributed by atoms with Crippen LogP contribution < -0.4 is 0 Å². The average Bonchev–Trinajstić information content (AvgIpc) is 2.45. The highest BCUT2D eigenvalue weighted by Gasteiger charge is 2.28. The van der Waals surface area contributed by atoms with E-state index in [2.05, 4.69) is 10.2 Å². The summed E-state index contributed by atoms with van der Waals surface area (Å²) < 4.78 is 5.59. The molecule has 17 heavy (non-hydrogen) atoms. The standard InChI is InChI=1S/C12H18N2O3/c1-12(2,7-10(15)16)6-9-13-14-11(17-9)8-4-3-5-8/h8H,3-7H2,1-2H3,(H,15,16). The normalized spacial score (nSPS) is 16.8. The van der Waals surface area contributed by atoms with Crippen LogP contribution in [0.1, 0.15) is 57.2 Å². The minimum Gasteiger partial charge on any atom is -0.481 e. The van der Waals surface area contributed by atoms with Gasteiger partial charge in [0, 0.05) is 12.3 Å². The maximum Gasteiger partial charge on any atom is 0.303 e. The molecule has 0 bridgehead atoms. The summed E-state index contributed by atoms with van der Waals surface area (Å²) in [6.45, 7) is 3.79. The monoisotopic (exact) mass is 238 g/mol. The van der Waals surface area contributed by atoms with E-state index in [0.717, 1.165) is 18.7 Å². The fourth-order valence-electron chi connectivity index (χ4n) is 2.04. The van der Waals surface area contributed by atoms with Crippen LogP contribution >= 0.6 is 0 Å². The molecular formula is C12H18N2O3. The third-order valence-electron chi connectivity index (χ3n) is 3.20. The third-order valence-corrected chi connectivity index (χ3v) is 3.20. The zero-order valence-electron chi connectivity index (χ0n) is 10.3. The van der Waals surface area contributed by atoms with Gasteiger partial charge in [-0.15, -0.1) is 10.2 Å². The molecule has 1 aliphatic carbocycles. The van der Waals surface area contributed by atoms with Crippen LogP contribution in [-0.4, -0.2) is 21.3 Å². The SMILES string of the molecule is CC(C)(CC(=O)O)Cc1nnc(C2CCC2)o1. The molecule has 0 unspecified atom stereocenters. The summed E-state index contributed by atoms with van der Waals surface area (Å²) >= 11 is 0. The maximum absolute atomic E-state index is 10.7. The first-order valence-corrected chi connectivity index (χ1v) is 6.00. The van der Waals surface area contributed by atoms with E-state index in [1.807, 2.05) is 13.8 Å². The van der Waals surface area contributed by atoms with Gasteiger partial charge in [-0.05, 0) is 18.3 Å². The Labute approximate surface area is 100 Å². The van der Waals surface area contributed by atoms with E-state index in [4.69, 9.17) is 9.52 Å². The van der Waals surface area contributed by atoms with Gasteiger partial charge < -0.3 is 9.52 Å². The summed E-state index contributed by atoms with van der Waals surface area (Å²) in [6.07, 6.45) is 4.10. The van der Waals surface area contributed by atoms with E-state index in [1.165, 1.54) is 6.42 Å². The number of carboxylic acid groups (broad SMARTS) is 1. The van der Waals surface area contributed by atoms with Crippen molar-refractivity contribution >= 4 is 5.97 Å². The second-order valence-electron chi connectivity index (χ2n) is 5.57. The summed E-state index contributed by atoms with van der Waals surface area (Å²) in [5.41, 5.74) is -0.352. The van der Waals surface area contributed by atoms with Crippen molar-refractivity contribution in [3.63, 3.8) is 0 Å². The van der Waals surface area contributed by atoms with E-state index in [0.29, 0.717) is 18.2 Å². The van der Waals surface area contributed by atoms with Gasteiger partial charge in [0.2, 0.25) is 11.8 Å². The zero-order chi connectivity index (χ0) is 12.5. The van der Waals surface area contributed by atoms with Crippen LogP contribution in [0.3, 0.4) is 0 Å². The van der Waals surface area contributed by atoms with Crippen LogP contribution in [0.4, 0.5) is 0 Å². The zero-order valence-corrected chi connectivity index (χ0v) is 10.3. The number of aliphatic carboxylic acids is 1. The van der Waals surface area contributed by atoms with Gasteiger partial charge in [-0.1, -0.05) is 20.3 Å². The van der Waals surface area contributed by atoms with Crippen LogP contribution in [0.5, 0.6) is 0 Å².